The summed E-state index contributed by atoms with van der Waals surface area (Å²) in [5.41, 5.74) is 7.58. The molecule has 4 N–H and O–H groups in total. The van der Waals surface area contributed by atoms with Crippen LogP contribution in [0, 0.1) is 11.8 Å². The number of aromatic nitrogens is 1. The van der Waals surface area contributed by atoms with Crippen molar-refractivity contribution in [2.75, 3.05) is 17.2 Å². The van der Waals surface area contributed by atoms with Gasteiger partial charge in [-0.25, -0.2) is 0 Å². The maximum absolute atomic E-state index is 12.4. The molecule has 1 fully saturated rings. The van der Waals surface area contributed by atoms with Crippen LogP contribution < -0.4 is 16.4 Å². The van der Waals surface area contributed by atoms with E-state index in [2.05, 4.69) is 15.6 Å². The third kappa shape index (κ3) is 4.22. The monoisotopic (exact) mass is 338 g/mol. The lowest BCUT2D eigenvalue weighted by molar-refractivity contribution is -0.120. The molecular weight excluding hydrogens is 316 g/mol. The van der Waals surface area contributed by atoms with E-state index in [1.165, 1.54) is 0 Å². The highest BCUT2D eigenvalue weighted by molar-refractivity contribution is 6.04. The van der Waals surface area contributed by atoms with Crippen molar-refractivity contribution < 1.29 is 9.59 Å². The van der Waals surface area contributed by atoms with Crippen LogP contribution in [0.25, 0.3) is 0 Å². The molecule has 6 heteroatoms. The zero-order valence-electron chi connectivity index (χ0n) is 13.9. The van der Waals surface area contributed by atoms with Gasteiger partial charge >= 0.3 is 0 Å². The smallest absolute Gasteiger partial charge is 0.255 e. The highest BCUT2D eigenvalue weighted by atomic mass is 16.2. The van der Waals surface area contributed by atoms with Crippen molar-refractivity contribution in [3.63, 3.8) is 0 Å². The van der Waals surface area contributed by atoms with E-state index < -0.39 is 0 Å². The number of nitrogens with zero attached hydrogens (tertiary/aromatic N) is 1. The molecule has 0 radical (unpaired) electrons. The number of hydrogen-bond acceptors (Lipinski definition) is 4. The topological polar surface area (TPSA) is 97.1 Å². The minimum atomic E-state index is -0.218. The zero-order valence-corrected chi connectivity index (χ0v) is 13.9. The predicted octanol–water partition coefficient (Wildman–Crippen LogP) is 2.65. The maximum atomic E-state index is 12.4. The first-order valence-electron chi connectivity index (χ1n) is 8.50. The predicted molar refractivity (Wildman–Crippen MR) is 97.1 cm³/mol. The number of nitrogens with two attached hydrogens (primary N) is 1. The van der Waals surface area contributed by atoms with Gasteiger partial charge in [-0.15, -0.1) is 0 Å². The van der Waals surface area contributed by atoms with Gasteiger partial charge in [0.2, 0.25) is 5.91 Å². The number of benzene rings is 1. The fourth-order valence-corrected chi connectivity index (χ4v) is 3.24. The van der Waals surface area contributed by atoms with E-state index in [4.69, 9.17) is 5.73 Å². The van der Waals surface area contributed by atoms with Gasteiger partial charge in [0.05, 0.1) is 11.9 Å². The Kier molecular flexibility index (Phi) is 5.40. The highest BCUT2D eigenvalue weighted by Crippen LogP contribution is 2.31. The second-order valence-corrected chi connectivity index (χ2v) is 6.30. The Labute approximate surface area is 146 Å². The van der Waals surface area contributed by atoms with Crippen LogP contribution in [0.3, 0.4) is 0 Å². The molecule has 0 unspecified atom stereocenters. The van der Waals surface area contributed by atoms with Gasteiger partial charge in [-0.3, -0.25) is 14.6 Å². The van der Waals surface area contributed by atoms with Gasteiger partial charge in [0.15, 0.2) is 0 Å². The van der Waals surface area contributed by atoms with Gasteiger partial charge in [0.25, 0.3) is 5.91 Å². The first kappa shape index (κ1) is 17.1. The molecule has 1 saturated carbocycles. The van der Waals surface area contributed by atoms with Crippen LogP contribution in [-0.4, -0.2) is 23.3 Å². The summed E-state index contributed by atoms with van der Waals surface area (Å²) in [5.74, 6) is 0.0495. The van der Waals surface area contributed by atoms with E-state index in [1.54, 1.807) is 48.8 Å². The number of nitrogens with one attached hydrogen (secondary N) is 2. The second-order valence-electron chi connectivity index (χ2n) is 6.30. The van der Waals surface area contributed by atoms with E-state index in [1.807, 2.05) is 0 Å². The van der Waals surface area contributed by atoms with Crippen molar-refractivity contribution >= 4 is 23.2 Å². The summed E-state index contributed by atoms with van der Waals surface area (Å²) in [6.07, 6.45) is 6.18. The standard InChI is InChI=1S/C19H22N4O2/c20-11-14-3-1-5-17(14)19(25)22-15-8-6-13(7-9-15)18(24)23-16-4-2-10-21-12-16/h2,4,6-10,12,14,17H,1,3,5,11,20H2,(H,22,25)(H,23,24)/t14-,17-/m1/s1. The molecular formula is C19H22N4O2. The summed E-state index contributed by atoms with van der Waals surface area (Å²) in [7, 11) is 0. The van der Waals surface area contributed by atoms with Crippen LogP contribution >= 0.6 is 0 Å². The number of carbonyl (C=O) groups excluding carboxylic acids is 2. The molecule has 6 nitrogen and oxygen atoms in total. The SMILES string of the molecule is NC[C@H]1CCC[C@H]1C(=O)Nc1ccc(C(=O)Nc2cccnc2)cc1. The second kappa shape index (κ2) is 7.90. The van der Waals surface area contributed by atoms with Gasteiger partial charge in [-0.05, 0) is 61.7 Å². The molecule has 0 saturated heterocycles. The molecule has 0 spiro atoms. The lowest BCUT2D eigenvalue weighted by Crippen LogP contribution is -2.29. The van der Waals surface area contributed by atoms with Crippen LogP contribution in [-0.2, 0) is 4.79 Å². The molecule has 0 aliphatic heterocycles. The Morgan fingerprint density at radius 1 is 1.08 bits per heavy atom. The molecule has 2 aromatic rings. The number of rotatable bonds is 5. The fraction of sp³-hybridized carbons (Fsp3) is 0.316. The molecule has 1 aliphatic rings. The normalized spacial score (nSPS) is 19.4. The molecule has 1 aliphatic carbocycles. The summed E-state index contributed by atoms with van der Waals surface area (Å²) >= 11 is 0. The van der Waals surface area contributed by atoms with Crippen molar-refractivity contribution in [3.8, 4) is 0 Å². The lowest BCUT2D eigenvalue weighted by atomic mass is 9.95. The third-order valence-corrected chi connectivity index (χ3v) is 4.63. The van der Waals surface area contributed by atoms with Gasteiger partial charge in [-0.2, -0.15) is 0 Å². The fourth-order valence-electron chi connectivity index (χ4n) is 3.24. The van der Waals surface area contributed by atoms with Crippen molar-refractivity contribution in [3.05, 3.63) is 54.4 Å². The molecule has 0 bridgehead atoms. The van der Waals surface area contributed by atoms with Crippen LogP contribution in [0.1, 0.15) is 29.6 Å². The first-order chi connectivity index (χ1) is 12.2. The summed E-state index contributed by atoms with van der Waals surface area (Å²) < 4.78 is 0. The highest BCUT2D eigenvalue weighted by Gasteiger charge is 2.31. The molecule has 1 heterocycles. The van der Waals surface area contributed by atoms with Gasteiger partial charge in [0, 0.05) is 23.4 Å². The van der Waals surface area contributed by atoms with Crippen LogP contribution in [0.5, 0.6) is 0 Å². The van der Waals surface area contributed by atoms with E-state index in [9.17, 15) is 9.59 Å². The molecule has 3 rings (SSSR count). The van der Waals surface area contributed by atoms with Crippen molar-refractivity contribution in [1.82, 2.24) is 4.98 Å². The zero-order chi connectivity index (χ0) is 17.6. The molecule has 1 aromatic heterocycles. The Morgan fingerprint density at radius 2 is 1.88 bits per heavy atom. The van der Waals surface area contributed by atoms with Gasteiger partial charge < -0.3 is 16.4 Å². The minimum absolute atomic E-state index is 0.0144. The molecule has 2 atom stereocenters. The summed E-state index contributed by atoms with van der Waals surface area (Å²) in [6, 6.07) is 10.4. The largest absolute Gasteiger partial charge is 0.330 e. The van der Waals surface area contributed by atoms with Crippen molar-refractivity contribution in [1.29, 1.82) is 0 Å². The molecule has 1 aromatic carbocycles. The molecule has 2 amide bonds. The summed E-state index contributed by atoms with van der Waals surface area (Å²) in [6.45, 7) is 0.547. The van der Waals surface area contributed by atoms with E-state index in [-0.39, 0.29) is 23.7 Å². The van der Waals surface area contributed by atoms with Crippen LogP contribution in [0.2, 0.25) is 0 Å². The average molecular weight is 338 g/mol. The number of amides is 2. The Hall–Kier alpha value is -2.73. The molecule has 130 valence electrons. The lowest BCUT2D eigenvalue weighted by Gasteiger charge is -2.17. The van der Waals surface area contributed by atoms with E-state index >= 15 is 0 Å². The van der Waals surface area contributed by atoms with Crippen molar-refractivity contribution in [2.24, 2.45) is 17.6 Å². The third-order valence-electron chi connectivity index (χ3n) is 4.63. The summed E-state index contributed by atoms with van der Waals surface area (Å²) in [4.78, 5) is 28.5. The number of pyridine rings is 1. The Bertz CT molecular complexity index is 731. The number of carbonyl (C=O) groups is 2. The Balaban J connectivity index is 1.60. The maximum Gasteiger partial charge on any atom is 0.255 e. The minimum Gasteiger partial charge on any atom is -0.330 e. The van der Waals surface area contributed by atoms with Crippen LogP contribution in [0.4, 0.5) is 11.4 Å². The molecule has 25 heavy (non-hydrogen) atoms. The quantitative estimate of drug-likeness (QED) is 0.781. The summed E-state index contributed by atoms with van der Waals surface area (Å²) in [5, 5.41) is 5.70. The Morgan fingerprint density at radius 3 is 2.56 bits per heavy atom. The van der Waals surface area contributed by atoms with E-state index in [0.717, 1.165) is 19.3 Å². The van der Waals surface area contributed by atoms with Crippen molar-refractivity contribution in [2.45, 2.75) is 19.3 Å². The number of anilines is 2. The van der Waals surface area contributed by atoms with Gasteiger partial charge in [0.1, 0.15) is 0 Å². The average Bonchev–Trinajstić information content (AvgIpc) is 3.12. The number of hydrogen-bond donors (Lipinski definition) is 3. The van der Waals surface area contributed by atoms with Gasteiger partial charge in [-0.1, -0.05) is 6.42 Å². The van der Waals surface area contributed by atoms with E-state index in [0.29, 0.717) is 23.5 Å². The first-order valence-corrected chi connectivity index (χ1v) is 8.50. The van der Waals surface area contributed by atoms with Crippen LogP contribution in [0.15, 0.2) is 48.8 Å².